The highest BCUT2D eigenvalue weighted by Crippen LogP contribution is 2.31. The molecule has 2 unspecified atom stereocenters. The molecule has 2 atom stereocenters. The molecule has 0 aliphatic carbocycles. The summed E-state index contributed by atoms with van der Waals surface area (Å²) in [6, 6.07) is 6.01. The van der Waals surface area contributed by atoms with E-state index in [1.807, 2.05) is 18.2 Å². The molecule has 0 amide bonds. The van der Waals surface area contributed by atoms with Gasteiger partial charge in [-0.2, -0.15) is 0 Å². The molecule has 0 bridgehead atoms. The standard InChI is InChI=1S/C13H17N3O2S/c14-9-6-17-7-11(9)16-13(19)15-10-2-1-3-12-8(10)4-5-18-12/h1-3,9,11H,4-7,14H2,(H2,15,16,19). The summed E-state index contributed by atoms with van der Waals surface area (Å²) in [5.41, 5.74) is 8.10. The predicted octanol–water partition coefficient (Wildman–Crippen LogP) is 0.634. The Morgan fingerprint density at radius 1 is 1.37 bits per heavy atom. The molecule has 2 aliphatic rings. The van der Waals surface area contributed by atoms with Crippen LogP contribution in [0, 0.1) is 0 Å². The highest BCUT2D eigenvalue weighted by molar-refractivity contribution is 7.80. The highest BCUT2D eigenvalue weighted by Gasteiger charge is 2.25. The number of nitrogens with one attached hydrogen (secondary N) is 2. The number of hydrogen-bond donors (Lipinski definition) is 3. The van der Waals surface area contributed by atoms with Crippen LogP contribution in [0.25, 0.3) is 0 Å². The average Bonchev–Trinajstić information content (AvgIpc) is 3.00. The Hall–Kier alpha value is -1.37. The van der Waals surface area contributed by atoms with E-state index in [2.05, 4.69) is 10.6 Å². The molecule has 4 N–H and O–H groups in total. The molecule has 0 aromatic heterocycles. The van der Waals surface area contributed by atoms with E-state index in [-0.39, 0.29) is 12.1 Å². The third-order valence-corrected chi connectivity index (χ3v) is 3.65. The van der Waals surface area contributed by atoms with Gasteiger partial charge in [-0.05, 0) is 24.4 Å². The fraction of sp³-hybridized carbons (Fsp3) is 0.462. The van der Waals surface area contributed by atoms with Crippen LogP contribution in [0.5, 0.6) is 5.75 Å². The van der Waals surface area contributed by atoms with E-state index in [9.17, 15) is 0 Å². The van der Waals surface area contributed by atoms with Gasteiger partial charge in [0.05, 0.1) is 31.9 Å². The molecule has 6 heteroatoms. The molecular weight excluding hydrogens is 262 g/mol. The van der Waals surface area contributed by atoms with Crippen molar-refractivity contribution in [2.24, 2.45) is 5.73 Å². The second kappa shape index (κ2) is 5.32. The van der Waals surface area contributed by atoms with Gasteiger partial charge in [0.2, 0.25) is 0 Å². The zero-order chi connectivity index (χ0) is 13.2. The lowest BCUT2D eigenvalue weighted by Gasteiger charge is -2.19. The van der Waals surface area contributed by atoms with Crippen LogP contribution in [-0.4, -0.2) is 37.0 Å². The molecule has 102 valence electrons. The number of anilines is 1. The zero-order valence-electron chi connectivity index (χ0n) is 10.5. The van der Waals surface area contributed by atoms with Crippen molar-refractivity contribution in [1.82, 2.24) is 5.32 Å². The van der Waals surface area contributed by atoms with Crippen LogP contribution in [-0.2, 0) is 11.2 Å². The normalized spacial score (nSPS) is 24.7. The van der Waals surface area contributed by atoms with Crippen molar-refractivity contribution in [3.63, 3.8) is 0 Å². The van der Waals surface area contributed by atoms with Crippen molar-refractivity contribution in [3.05, 3.63) is 23.8 Å². The summed E-state index contributed by atoms with van der Waals surface area (Å²) in [6.07, 6.45) is 0.910. The first-order valence-electron chi connectivity index (χ1n) is 6.39. The molecule has 2 heterocycles. The molecule has 1 saturated heterocycles. The lowest BCUT2D eigenvalue weighted by atomic mass is 10.1. The summed E-state index contributed by atoms with van der Waals surface area (Å²) in [7, 11) is 0. The van der Waals surface area contributed by atoms with Crippen molar-refractivity contribution >= 4 is 23.0 Å². The number of nitrogens with two attached hydrogens (primary N) is 1. The fourth-order valence-electron chi connectivity index (χ4n) is 2.39. The van der Waals surface area contributed by atoms with Gasteiger partial charge in [-0.1, -0.05) is 6.07 Å². The van der Waals surface area contributed by atoms with Crippen LogP contribution in [0.15, 0.2) is 18.2 Å². The topological polar surface area (TPSA) is 68.5 Å². The average molecular weight is 279 g/mol. The fourth-order valence-corrected chi connectivity index (χ4v) is 2.65. The molecule has 1 fully saturated rings. The molecule has 5 nitrogen and oxygen atoms in total. The van der Waals surface area contributed by atoms with Crippen molar-refractivity contribution in [1.29, 1.82) is 0 Å². The molecule has 19 heavy (non-hydrogen) atoms. The van der Waals surface area contributed by atoms with Crippen LogP contribution >= 0.6 is 12.2 Å². The Balaban J connectivity index is 1.65. The maximum Gasteiger partial charge on any atom is 0.171 e. The third-order valence-electron chi connectivity index (χ3n) is 3.43. The highest BCUT2D eigenvalue weighted by atomic mass is 32.1. The van der Waals surface area contributed by atoms with Crippen LogP contribution in [0.4, 0.5) is 5.69 Å². The van der Waals surface area contributed by atoms with Crippen molar-refractivity contribution in [2.45, 2.75) is 18.5 Å². The molecule has 0 spiro atoms. The van der Waals surface area contributed by atoms with E-state index in [1.54, 1.807) is 0 Å². The van der Waals surface area contributed by atoms with E-state index < -0.39 is 0 Å². The zero-order valence-corrected chi connectivity index (χ0v) is 11.3. The Kier molecular flexibility index (Phi) is 3.54. The SMILES string of the molecule is NC1COCC1NC(=S)Nc1cccc2c1CCO2. The number of rotatable bonds is 2. The Morgan fingerprint density at radius 3 is 3.05 bits per heavy atom. The first-order valence-corrected chi connectivity index (χ1v) is 6.80. The molecule has 3 rings (SSSR count). The minimum Gasteiger partial charge on any atom is -0.493 e. The lowest BCUT2D eigenvalue weighted by molar-refractivity contribution is 0.189. The van der Waals surface area contributed by atoms with Gasteiger partial charge in [0.25, 0.3) is 0 Å². The molecule has 0 saturated carbocycles. The number of benzene rings is 1. The number of hydrogen-bond acceptors (Lipinski definition) is 4. The van der Waals surface area contributed by atoms with Crippen LogP contribution in [0.3, 0.4) is 0 Å². The number of thiocarbonyl (C=S) groups is 1. The van der Waals surface area contributed by atoms with Gasteiger partial charge in [-0.15, -0.1) is 0 Å². The summed E-state index contributed by atoms with van der Waals surface area (Å²) >= 11 is 5.32. The number of fused-ring (bicyclic) bond motifs is 1. The van der Waals surface area contributed by atoms with Gasteiger partial charge in [-0.3, -0.25) is 0 Å². The van der Waals surface area contributed by atoms with Crippen LogP contribution in [0.2, 0.25) is 0 Å². The summed E-state index contributed by atoms with van der Waals surface area (Å²) in [6.45, 7) is 1.91. The van der Waals surface area contributed by atoms with E-state index in [0.29, 0.717) is 18.3 Å². The minimum absolute atomic E-state index is 0.00966. The van der Waals surface area contributed by atoms with E-state index in [4.69, 9.17) is 27.4 Å². The maximum atomic E-state index is 5.92. The van der Waals surface area contributed by atoms with Crippen molar-refractivity contribution in [3.8, 4) is 5.75 Å². The van der Waals surface area contributed by atoms with Gasteiger partial charge < -0.3 is 25.8 Å². The molecule has 1 aromatic rings. The Labute approximate surface area is 117 Å². The smallest absolute Gasteiger partial charge is 0.171 e. The quantitative estimate of drug-likeness (QED) is 0.690. The second-order valence-electron chi connectivity index (χ2n) is 4.79. The monoisotopic (exact) mass is 279 g/mol. The number of ether oxygens (including phenoxy) is 2. The summed E-state index contributed by atoms with van der Waals surface area (Å²) < 4.78 is 10.8. The molecule has 0 radical (unpaired) electrons. The summed E-state index contributed by atoms with van der Waals surface area (Å²) in [5.74, 6) is 0.939. The first-order chi connectivity index (χ1) is 9.24. The van der Waals surface area contributed by atoms with E-state index in [1.165, 1.54) is 5.56 Å². The van der Waals surface area contributed by atoms with Gasteiger partial charge in [0, 0.05) is 17.7 Å². The van der Waals surface area contributed by atoms with Gasteiger partial charge in [0.15, 0.2) is 5.11 Å². The Morgan fingerprint density at radius 2 is 2.26 bits per heavy atom. The van der Waals surface area contributed by atoms with Gasteiger partial charge in [-0.25, -0.2) is 0 Å². The largest absolute Gasteiger partial charge is 0.493 e. The first kappa shape index (κ1) is 12.7. The van der Waals surface area contributed by atoms with Gasteiger partial charge in [0.1, 0.15) is 5.75 Å². The molecular formula is C13H17N3O2S. The summed E-state index contributed by atoms with van der Waals surface area (Å²) in [5, 5.41) is 6.99. The minimum atomic E-state index is -0.00966. The molecule has 1 aromatic carbocycles. The molecule has 2 aliphatic heterocycles. The van der Waals surface area contributed by atoms with Crippen molar-refractivity contribution < 1.29 is 9.47 Å². The lowest BCUT2D eigenvalue weighted by Crippen LogP contribution is -2.48. The van der Waals surface area contributed by atoms with Gasteiger partial charge >= 0.3 is 0 Å². The van der Waals surface area contributed by atoms with E-state index >= 15 is 0 Å². The maximum absolute atomic E-state index is 5.92. The Bertz CT molecular complexity index is 495. The van der Waals surface area contributed by atoms with Crippen LogP contribution in [0.1, 0.15) is 5.56 Å². The summed E-state index contributed by atoms with van der Waals surface area (Å²) in [4.78, 5) is 0. The third kappa shape index (κ3) is 2.65. The van der Waals surface area contributed by atoms with E-state index in [0.717, 1.165) is 24.5 Å². The predicted molar refractivity (Wildman–Crippen MR) is 77.6 cm³/mol. The van der Waals surface area contributed by atoms with Crippen molar-refractivity contribution in [2.75, 3.05) is 25.1 Å². The van der Waals surface area contributed by atoms with Crippen LogP contribution < -0.4 is 21.1 Å². The second-order valence-corrected chi connectivity index (χ2v) is 5.20.